The molecule has 1 aromatic heterocycles. The fourth-order valence-electron chi connectivity index (χ4n) is 1.43. The van der Waals surface area contributed by atoms with E-state index in [-0.39, 0.29) is 28.7 Å². The van der Waals surface area contributed by atoms with Crippen LogP contribution in [0.4, 0.5) is 16.0 Å². The quantitative estimate of drug-likeness (QED) is 0.675. The van der Waals surface area contributed by atoms with Gasteiger partial charge in [0.2, 0.25) is 0 Å². The van der Waals surface area contributed by atoms with Crippen molar-refractivity contribution in [3.8, 4) is 0 Å². The highest BCUT2D eigenvalue weighted by molar-refractivity contribution is 6.15. The maximum atomic E-state index is 12.8. The van der Waals surface area contributed by atoms with E-state index in [2.05, 4.69) is 9.97 Å². The summed E-state index contributed by atoms with van der Waals surface area (Å²) < 4.78 is 12.8. The predicted octanol–water partition coefficient (Wildman–Crippen LogP) is 1.20. The Morgan fingerprint density at radius 2 is 1.59 bits per heavy atom. The summed E-state index contributed by atoms with van der Waals surface area (Å²) in [7, 11) is 0. The Morgan fingerprint density at radius 3 is 2.12 bits per heavy atom. The van der Waals surface area contributed by atoms with Crippen molar-refractivity contribution in [2.45, 2.75) is 0 Å². The zero-order chi connectivity index (χ0) is 12.4. The van der Waals surface area contributed by atoms with E-state index in [4.69, 9.17) is 16.9 Å². The molecule has 5 N–H and O–H groups in total. The van der Waals surface area contributed by atoms with Crippen LogP contribution in [0.3, 0.4) is 0 Å². The average molecular weight is 231 g/mol. The predicted molar refractivity (Wildman–Crippen MR) is 63.2 cm³/mol. The molecule has 1 heterocycles. The average Bonchev–Trinajstić information content (AvgIpc) is 2.29. The standard InChI is InChI=1S/C11H10FN5/c12-7-3-1-6(2-4-7)9(13)8-10(14)16-5-17-11(8)15/h1-5,13H,(H4,14,15,16,17). The second-order valence-electron chi connectivity index (χ2n) is 3.40. The molecule has 0 unspecified atom stereocenters. The molecule has 0 saturated heterocycles. The van der Waals surface area contributed by atoms with E-state index in [0.29, 0.717) is 5.56 Å². The van der Waals surface area contributed by atoms with Crippen LogP contribution in [-0.4, -0.2) is 15.7 Å². The van der Waals surface area contributed by atoms with Crippen molar-refractivity contribution in [3.05, 3.63) is 47.5 Å². The molecule has 17 heavy (non-hydrogen) atoms. The van der Waals surface area contributed by atoms with Gasteiger partial charge in [0.05, 0.1) is 11.3 Å². The van der Waals surface area contributed by atoms with E-state index in [1.165, 1.54) is 30.6 Å². The lowest BCUT2D eigenvalue weighted by atomic mass is 10.0. The van der Waals surface area contributed by atoms with Crippen LogP contribution in [-0.2, 0) is 0 Å². The van der Waals surface area contributed by atoms with E-state index in [0.717, 1.165) is 0 Å². The Hall–Kier alpha value is -2.50. The monoisotopic (exact) mass is 231 g/mol. The fraction of sp³-hybridized carbons (Fsp3) is 0. The van der Waals surface area contributed by atoms with Crippen molar-refractivity contribution in [1.29, 1.82) is 5.41 Å². The van der Waals surface area contributed by atoms with Crippen LogP contribution in [0.25, 0.3) is 0 Å². The minimum Gasteiger partial charge on any atom is -0.383 e. The summed E-state index contributed by atoms with van der Waals surface area (Å²) in [5.74, 6) is -0.106. The molecule has 0 radical (unpaired) electrons. The molecule has 0 spiro atoms. The summed E-state index contributed by atoms with van der Waals surface area (Å²) in [5, 5.41) is 7.96. The van der Waals surface area contributed by atoms with Crippen LogP contribution in [0.1, 0.15) is 11.1 Å². The number of nitrogens with one attached hydrogen (secondary N) is 1. The molecule has 0 amide bonds. The Balaban J connectivity index is 2.47. The molecule has 0 aliphatic rings. The number of aromatic nitrogens is 2. The molecule has 1 aromatic carbocycles. The maximum Gasteiger partial charge on any atom is 0.138 e. The number of halogens is 1. The third-order valence-corrected chi connectivity index (χ3v) is 2.29. The third kappa shape index (κ3) is 2.05. The number of anilines is 2. The highest BCUT2D eigenvalue weighted by atomic mass is 19.1. The van der Waals surface area contributed by atoms with Crippen molar-refractivity contribution in [2.24, 2.45) is 0 Å². The number of hydrogen-bond donors (Lipinski definition) is 3. The minimum atomic E-state index is -0.369. The molecule has 5 nitrogen and oxygen atoms in total. The molecule has 0 atom stereocenters. The van der Waals surface area contributed by atoms with Gasteiger partial charge in [-0.15, -0.1) is 0 Å². The first-order valence-corrected chi connectivity index (χ1v) is 4.80. The first-order chi connectivity index (χ1) is 8.09. The second kappa shape index (κ2) is 4.17. The number of nitrogen functional groups attached to an aromatic ring is 2. The van der Waals surface area contributed by atoms with Crippen molar-refractivity contribution in [3.63, 3.8) is 0 Å². The van der Waals surface area contributed by atoms with Crippen molar-refractivity contribution in [2.75, 3.05) is 11.5 Å². The van der Waals surface area contributed by atoms with Gasteiger partial charge in [-0.3, -0.25) is 5.41 Å². The number of benzene rings is 1. The first-order valence-electron chi connectivity index (χ1n) is 4.80. The highest BCUT2D eigenvalue weighted by Gasteiger charge is 2.13. The summed E-state index contributed by atoms with van der Waals surface area (Å²) >= 11 is 0. The summed E-state index contributed by atoms with van der Waals surface area (Å²) in [6.07, 6.45) is 1.23. The van der Waals surface area contributed by atoms with Crippen LogP contribution in [0.5, 0.6) is 0 Å². The normalized spacial score (nSPS) is 10.2. The van der Waals surface area contributed by atoms with E-state index < -0.39 is 0 Å². The van der Waals surface area contributed by atoms with Gasteiger partial charge in [0.25, 0.3) is 0 Å². The summed E-state index contributed by atoms with van der Waals surface area (Å²) in [6.45, 7) is 0. The zero-order valence-electron chi connectivity index (χ0n) is 8.81. The van der Waals surface area contributed by atoms with E-state index in [1.54, 1.807) is 0 Å². The van der Waals surface area contributed by atoms with Gasteiger partial charge in [-0.25, -0.2) is 14.4 Å². The van der Waals surface area contributed by atoms with Gasteiger partial charge in [0, 0.05) is 5.56 Å². The van der Waals surface area contributed by atoms with Crippen molar-refractivity contribution in [1.82, 2.24) is 9.97 Å². The molecule has 0 aliphatic heterocycles. The van der Waals surface area contributed by atoms with Gasteiger partial charge >= 0.3 is 0 Å². The molecule has 2 aromatic rings. The molecule has 2 rings (SSSR count). The summed E-state index contributed by atoms with van der Waals surface area (Å²) in [5.41, 5.74) is 12.1. The maximum absolute atomic E-state index is 12.8. The van der Waals surface area contributed by atoms with Crippen LogP contribution >= 0.6 is 0 Å². The van der Waals surface area contributed by atoms with Gasteiger partial charge in [0.15, 0.2) is 0 Å². The molecule has 0 saturated carbocycles. The topological polar surface area (TPSA) is 102 Å². The molecule has 86 valence electrons. The van der Waals surface area contributed by atoms with Crippen LogP contribution in [0, 0.1) is 11.2 Å². The largest absolute Gasteiger partial charge is 0.383 e. The Morgan fingerprint density at radius 1 is 1.06 bits per heavy atom. The van der Waals surface area contributed by atoms with Gasteiger partial charge in [0.1, 0.15) is 23.8 Å². The lowest BCUT2D eigenvalue weighted by Crippen LogP contribution is -2.11. The molecule has 0 fully saturated rings. The Kier molecular flexibility index (Phi) is 2.70. The molecule has 0 bridgehead atoms. The molecule has 6 heteroatoms. The van der Waals surface area contributed by atoms with Crippen molar-refractivity contribution < 1.29 is 4.39 Å². The Bertz CT molecular complexity index is 544. The molecular weight excluding hydrogens is 221 g/mol. The minimum absolute atomic E-state index is 0.0700. The van der Waals surface area contributed by atoms with E-state index in [9.17, 15) is 4.39 Å². The molecule has 0 aliphatic carbocycles. The summed E-state index contributed by atoms with van der Waals surface area (Å²) in [6, 6.07) is 5.48. The van der Waals surface area contributed by atoms with Crippen LogP contribution < -0.4 is 11.5 Å². The lowest BCUT2D eigenvalue weighted by molar-refractivity contribution is 0.628. The van der Waals surface area contributed by atoms with Crippen LogP contribution in [0.15, 0.2) is 30.6 Å². The zero-order valence-corrected chi connectivity index (χ0v) is 8.81. The van der Waals surface area contributed by atoms with Crippen molar-refractivity contribution >= 4 is 17.3 Å². The molecular formula is C11H10FN5. The lowest BCUT2D eigenvalue weighted by Gasteiger charge is -2.08. The fourth-order valence-corrected chi connectivity index (χ4v) is 1.43. The number of nitrogens with two attached hydrogens (primary N) is 2. The smallest absolute Gasteiger partial charge is 0.138 e. The number of rotatable bonds is 2. The van der Waals surface area contributed by atoms with E-state index in [1.807, 2.05) is 0 Å². The van der Waals surface area contributed by atoms with Gasteiger partial charge < -0.3 is 11.5 Å². The second-order valence-corrected chi connectivity index (χ2v) is 3.40. The summed E-state index contributed by atoms with van der Waals surface area (Å²) in [4.78, 5) is 7.55. The van der Waals surface area contributed by atoms with E-state index >= 15 is 0 Å². The Labute approximate surface area is 96.8 Å². The highest BCUT2D eigenvalue weighted by Crippen LogP contribution is 2.18. The SMILES string of the molecule is N=C(c1ccc(F)cc1)c1c(N)ncnc1N. The number of hydrogen-bond acceptors (Lipinski definition) is 5. The van der Waals surface area contributed by atoms with Gasteiger partial charge in [-0.1, -0.05) is 0 Å². The van der Waals surface area contributed by atoms with Gasteiger partial charge in [-0.2, -0.15) is 0 Å². The first kappa shape index (κ1) is 11.0. The van der Waals surface area contributed by atoms with Crippen LogP contribution in [0.2, 0.25) is 0 Å². The number of nitrogens with zero attached hydrogens (tertiary/aromatic N) is 2. The van der Waals surface area contributed by atoms with Gasteiger partial charge in [-0.05, 0) is 24.3 Å². The third-order valence-electron chi connectivity index (χ3n) is 2.29.